The van der Waals surface area contributed by atoms with Crippen molar-refractivity contribution in [3.63, 3.8) is 0 Å². The van der Waals surface area contributed by atoms with Gasteiger partial charge in [-0.3, -0.25) is 4.74 Å². The number of nitrogens with zero attached hydrogens (tertiary/aromatic N) is 1. The van der Waals surface area contributed by atoms with Crippen LogP contribution in [0.1, 0.15) is 0 Å². The summed E-state index contributed by atoms with van der Waals surface area (Å²) in [5.74, 6) is 0. The zero-order valence-electron chi connectivity index (χ0n) is 6.61. The van der Waals surface area contributed by atoms with E-state index in [2.05, 4.69) is 4.74 Å². The summed E-state index contributed by atoms with van der Waals surface area (Å²) in [6.07, 6.45) is -13.2. The first-order chi connectivity index (χ1) is 6.60. The second-order valence-electron chi connectivity index (χ2n) is 2.60. The van der Waals surface area contributed by atoms with Crippen molar-refractivity contribution in [2.24, 2.45) is 0 Å². The lowest BCUT2D eigenvalue weighted by atomic mass is 10.3. The van der Waals surface area contributed by atoms with Gasteiger partial charge in [-0.05, 0) is 0 Å². The van der Waals surface area contributed by atoms with Crippen LogP contribution in [0.4, 0.5) is 35.1 Å². The van der Waals surface area contributed by atoms with Crippen molar-refractivity contribution >= 4 is 0 Å². The van der Waals surface area contributed by atoms with Crippen molar-refractivity contribution in [2.75, 3.05) is 0 Å². The highest BCUT2D eigenvalue weighted by Gasteiger charge is 2.68. The number of hydrogen-bond donors (Lipinski definition) is 0. The van der Waals surface area contributed by atoms with E-state index in [0.717, 1.165) is 0 Å². The molecule has 15 heavy (non-hydrogen) atoms. The summed E-state index contributed by atoms with van der Waals surface area (Å²) in [5.41, 5.74) is 0. The topological polar surface area (TPSA) is 12.5 Å². The lowest BCUT2D eigenvalue weighted by molar-refractivity contribution is -0.463. The van der Waals surface area contributed by atoms with Crippen molar-refractivity contribution in [1.29, 1.82) is 0 Å². The molecule has 0 aromatic rings. The molecule has 0 aromatic heterocycles. The van der Waals surface area contributed by atoms with Crippen LogP contribution in [0.15, 0.2) is 0 Å². The van der Waals surface area contributed by atoms with Crippen LogP contribution in [0, 0.1) is 0 Å². The van der Waals surface area contributed by atoms with E-state index in [1.165, 1.54) is 0 Å². The molecule has 0 amide bonds. The Labute approximate surface area is 77.4 Å². The van der Waals surface area contributed by atoms with E-state index in [0.29, 0.717) is 0 Å². The lowest BCUT2D eigenvalue weighted by Gasteiger charge is -2.41. The Balaban J connectivity index is 3.06. The van der Waals surface area contributed by atoms with Gasteiger partial charge in [0.1, 0.15) is 0 Å². The standard InChI is InChI=1S/C5H3F8NO/c6-1-5(12,13)15-2(7)4(10,11)14(1)3(8)9/h1-3H/t1-,2-/m1/s1. The van der Waals surface area contributed by atoms with E-state index >= 15 is 0 Å². The number of halogens is 8. The summed E-state index contributed by atoms with van der Waals surface area (Å²) in [7, 11) is 0. The van der Waals surface area contributed by atoms with Crippen LogP contribution in [0.2, 0.25) is 0 Å². The minimum atomic E-state index is -5.16. The third kappa shape index (κ3) is 1.87. The molecule has 1 aliphatic heterocycles. The zero-order valence-corrected chi connectivity index (χ0v) is 6.61. The van der Waals surface area contributed by atoms with Crippen LogP contribution in [0.25, 0.3) is 0 Å². The minimum Gasteiger partial charge on any atom is -0.275 e. The van der Waals surface area contributed by atoms with Crippen LogP contribution in [0.3, 0.4) is 0 Å². The van der Waals surface area contributed by atoms with Crippen LogP contribution in [0.5, 0.6) is 0 Å². The highest BCUT2D eigenvalue weighted by atomic mass is 19.3. The maximum atomic E-state index is 12.5. The van der Waals surface area contributed by atoms with E-state index in [4.69, 9.17) is 0 Å². The molecule has 1 rings (SSSR count). The Hall–Kier alpha value is -0.640. The molecule has 10 heteroatoms. The van der Waals surface area contributed by atoms with Crippen molar-refractivity contribution in [3.8, 4) is 0 Å². The highest BCUT2D eigenvalue weighted by molar-refractivity contribution is 4.85. The van der Waals surface area contributed by atoms with Crippen LogP contribution >= 0.6 is 0 Å². The van der Waals surface area contributed by atoms with Crippen LogP contribution < -0.4 is 0 Å². The Kier molecular flexibility index (Phi) is 2.85. The molecule has 0 aromatic carbocycles. The van der Waals surface area contributed by atoms with Gasteiger partial charge in [0.2, 0.25) is 0 Å². The fourth-order valence-corrected chi connectivity index (χ4v) is 0.924. The van der Waals surface area contributed by atoms with Crippen LogP contribution in [-0.4, -0.2) is 36.3 Å². The van der Waals surface area contributed by atoms with E-state index in [9.17, 15) is 35.1 Å². The van der Waals surface area contributed by atoms with Gasteiger partial charge in [-0.1, -0.05) is 0 Å². The van der Waals surface area contributed by atoms with Gasteiger partial charge in [-0.2, -0.15) is 26.3 Å². The summed E-state index contributed by atoms with van der Waals surface area (Å²) >= 11 is 0. The van der Waals surface area contributed by atoms with E-state index in [-0.39, 0.29) is 0 Å². The first-order valence-corrected chi connectivity index (χ1v) is 3.39. The Morgan fingerprint density at radius 2 is 1.53 bits per heavy atom. The van der Waals surface area contributed by atoms with Crippen molar-refractivity contribution in [1.82, 2.24) is 4.90 Å². The average Bonchev–Trinajstić information content (AvgIpc) is 1.99. The molecule has 1 heterocycles. The number of ether oxygens (including phenoxy) is 1. The van der Waals surface area contributed by atoms with Crippen molar-refractivity contribution in [3.05, 3.63) is 0 Å². The SMILES string of the molecule is FC(F)N1[C@@H](F)C(F)(F)O[C@@H](F)C1(F)F. The maximum absolute atomic E-state index is 12.5. The molecule has 0 radical (unpaired) electrons. The van der Waals surface area contributed by atoms with Gasteiger partial charge in [0.25, 0.3) is 12.7 Å². The summed E-state index contributed by atoms with van der Waals surface area (Å²) < 4.78 is 101. The van der Waals surface area contributed by atoms with Crippen LogP contribution in [-0.2, 0) is 4.74 Å². The predicted molar refractivity (Wildman–Crippen MR) is 28.6 cm³/mol. The molecule has 2 nitrogen and oxygen atoms in total. The average molecular weight is 245 g/mol. The molecule has 0 N–H and O–H groups in total. The molecule has 1 aliphatic rings. The van der Waals surface area contributed by atoms with Gasteiger partial charge >= 0.3 is 18.7 Å². The molecule has 90 valence electrons. The number of rotatable bonds is 1. The Morgan fingerprint density at radius 1 is 1.07 bits per heavy atom. The lowest BCUT2D eigenvalue weighted by Crippen LogP contribution is -2.66. The molecular weight excluding hydrogens is 242 g/mol. The smallest absolute Gasteiger partial charge is 0.275 e. The summed E-state index contributed by atoms with van der Waals surface area (Å²) in [6, 6.07) is -5.16. The molecular formula is C5H3F8NO. The second-order valence-corrected chi connectivity index (χ2v) is 2.60. The van der Waals surface area contributed by atoms with E-state index < -0.39 is 36.3 Å². The third-order valence-electron chi connectivity index (χ3n) is 1.61. The van der Waals surface area contributed by atoms with Gasteiger partial charge in [0.05, 0.1) is 0 Å². The molecule has 1 saturated heterocycles. The van der Waals surface area contributed by atoms with Gasteiger partial charge in [0, 0.05) is 0 Å². The number of hydrogen-bond acceptors (Lipinski definition) is 2. The molecule has 0 bridgehead atoms. The van der Waals surface area contributed by atoms with Gasteiger partial charge in [-0.25, -0.2) is 8.78 Å². The number of morpholine rings is 1. The quantitative estimate of drug-likeness (QED) is 0.519. The predicted octanol–water partition coefficient (Wildman–Crippen LogP) is 2.32. The Morgan fingerprint density at radius 3 is 1.93 bits per heavy atom. The molecule has 1 fully saturated rings. The first-order valence-electron chi connectivity index (χ1n) is 3.39. The van der Waals surface area contributed by atoms with E-state index in [1.807, 2.05) is 0 Å². The molecule has 2 atom stereocenters. The molecule has 0 aliphatic carbocycles. The van der Waals surface area contributed by atoms with Gasteiger partial charge in [0.15, 0.2) is 0 Å². The molecule has 0 saturated carbocycles. The summed E-state index contributed by atoms with van der Waals surface area (Å²) in [5, 5.41) is 0. The zero-order chi connectivity index (χ0) is 12.0. The normalized spacial score (nSPS) is 35.8. The first kappa shape index (κ1) is 12.4. The maximum Gasteiger partial charge on any atom is 0.403 e. The fraction of sp³-hybridized carbons (Fsp3) is 1.00. The van der Waals surface area contributed by atoms with Gasteiger partial charge < -0.3 is 0 Å². The monoisotopic (exact) mass is 245 g/mol. The third-order valence-corrected chi connectivity index (χ3v) is 1.61. The van der Waals surface area contributed by atoms with Crippen molar-refractivity contribution in [2.45, 2.75) is 31.4 Å². The van der Waals surface area contributed by atoms with Gasteiger partial charge in [-0.15, -0.1) is 4.90 Å². The summed E-state index contributed by atoms with van der Waals surface area (Å²) in [6.45, 7) is -4.29. The minimum absolute atomic E-state index is 1.87. The van der Waals surface area contributed by atoms with E-state index in [1.54, 1.807) is 0 Å². The summed E-state index contributed by atoms with van der Waals surface area (Å²) in [4.78, 5) is -1.87. The van der Waals surface area contributed by atoms with Crippen molar-refractivity contribution < 1.29 is 39.9 Å². The molecule has 0 unspecified atom stereocenters. The largest absolute Gasteiger partial charge is 0.403 e. The number of alkyl halides is 8. The Bertz CT molecular complexity index is 245. The molecule has 0 spiro atoms. The highest BCUT2D eigenvalue weighted by Crippen LogP contribution is 2.44. The second kappa shape index (κ2) is 3.44. The fourth-order valence-electron chi connectivity index (χ4n) is 0.924.